The molecule has 23 heavy (non-hydrogen) atoms. The average molecular weight is 350 g/mol. The van der Waals surface area contributed by atoms with Gasteiger partial charge in [0.2, 0.25) is 5.91 Å². The average Bonchev–Trinajstić information content (AvgIpc) is 3.29. The molecule has 3 nitrogen and oxygen atoms in total. The molecule has 0 aromatic heterocycles. The highest BCUT2D eigenvalue weighted by Crippen LogP contribution is 2.49. The van der Waals surface area contributed by atoms with Gasteiger partial charge in [-0.2, -0.15) is 0 Å². The van der Waals surface area contributed by atoms with E-state index in [0.29, 0.717) is 16.7 Å². The fourth-order valence-electron chi connectivity index (χ4n) is 2.68. The third-order valence-electron chi connectivity index (χ3n) is 3.87. The second-order valence-electron chi connectivity index (χ2n) is 5.60. The van der Waals surface area contributed by atoms with Gasteiger partial charge in [-0.05, 0) is 67.3 Å². The molecule has 0 aliphatic heterocycles. The van der Waals surface area contributed by atoms with Crippen LogP contribution < -0.4 is 10.1 Å². The standard InChI is InChI=1S/C18H17Cl2NO2/c1-2-23-15-5-3-14(4-6-15)21-18(22)17-10-16(17)11-7-12(19)9-13(20)8-11/h3-9,16-17H,2,10H2,1H3,(H,21,22). The van der Waals surface area contributed by atoms with Crippen LogP contribution in [0, 0.1) is 5.92 Å². The van der Waals surface area contributed by atoms with Crippen LogP contribution >= 0.6 is 23.2 Å². The van der Waals surface area contributed by atoms with Crippen LogP contribution in [0.1, 0.15) is 24.8 Å². The van der Waals surface area contributed by atoms with Crippen molar-refractivity contribution < 1.29 is 9.53 Å². The van der Waals surface area contributed by atoms with Gasteiger partial charge in [-0.15, -0.1) is 0 Å². The number of benzene rings is 2. The van der Waals surface area contributed by atoms with E-state index in [-0.39, 0.29) is 17.7 Å². The van der Waals surface area contributed by atoms with Crippen molar-refractivity contribution >= 4 is 34.8 Å². The lowest BCUT2D eigenvalue weighted by atomic mass is 10.1. The van der Waals surface area contributed by atoms with Crippen LogP contribution in [0.25, 0.3) is 0 Å². The van der Waals surface area contributed by atoms with Crippen LogP contribution in [0.15, 0.2) is 42.5 Å². The van der Waals surface area contributed by atoms with Gasteiger partial charge in [0.15, 0.2) is 0 Å². The lowest BCUT2D eigenvalue weighted by Gasteiger charge is -2.07. The van der Waals surface area contributed by atoms with E-state index in [4.69, 9.17) is 27.9 Å². The molecule has 1 N–H and O–H groups in total. The molecule has 0 radical (unpaired) electrons. The quantitative estimate of drug-likeness (QED) is 0.811. The summed E-state index contributed by atoms with van der Waals surface area (Å²) in [6, 6.07) is 12.8. The second-order valence-corrected chi connectivity index (χ2v) is 6.47. The first-order chi connectivity index (χ1) is 11.1. The van der Waals surface area contributed by atoms with E-state index in [1.807, 2.05) is 43.3 Å². The largest absolute Gasteiger partial charge is 0.494 e. The van der Waals surface area contributed by atoms with E-state index >= 15 is 0 Å². The second kappa shape index (κ2) is 6.81. The van der Waals surface area contributed by atoms with Crippen LogP contribution in [-0.4, -0.2) is 12.5 Å². The number of nitrogens with one attached hydrogen (secondary N) is 1. The summed E-state index contributed by atoms with van der Waals surface area (Å²) in [6.45, 7) is 2.56. The Labute approximate surface area is 145 Å². The minimum Gasteiger partial charge on any atom is -0.494 e. The molecule has 1 saturated carbocycles. The van der Waals surface area contributed by atoms with Gasteiger partial charge in [-0.1, -0.05) is 23.2 Å². The van der Waals surface area contributed by atoms with E-state index in [1.165, 1.54) is 0 Å². The molecule has 0 heterocycles. The van der Waals surface area contributed by atoms with E-state index in [1.54, 1.807) is 6.07 Å². The Hall–Kier alpha value is -1.71. The summed E-state index contributed by atoms with van der Waals surface area (Å²) >= 11 is 12.0. The first-order valence-electron chi connectivity index (χ1n) is 7.56. The van der Waals surface area contributed by atoms with Gasteiger partial charge >= 0.3 is 0 Å². The molecule has 2 atom stereocenters. The molecule has 1 aliphatic rings. The van der Waals surface area contributed by atoms with Crippen LogP contribution in [0.4, 0.5) is 5.69 Å². The van der Waals surface area contributed by atoms with E-state index in [0.717, 1.165) is 23.4 Å². The van der Waals surface area contributed by atoms with Crippen molar-refractivity contribution in [2.45, 2.75) is 19.3 Å². The maximum Gasteiger partial charge on any atom is 0.228 e. The highest BCUT2D eigenvalue weighted by molar-refractivity contribution is 6.34. The van der Waals surface area contributed by atoms with Crippen molar-refractivity contribution in [2.75, 3.05) is 11.9 Å². The highest BCUT2D eigenvalue weighted by atomic mass is 35.5. The van der Waals surface area contributed by atoms with E-state index in [2.05, 4.69) is 5.32 Å². The number of anilines is 1. The molecule has 5 heteroatoms. The third kappa shape index (κ3) is 3.98. The topological polar surface area (TPSA) is 38.3 Å². The predicted octanol–water partition coefficient (Wildman–Crippen LogP) is 5.13. The number of carbonyl (C=O) groups is 1. The monoisotopic (exact) mass is 349 g/mol. The Bertz CT molecular complexity index is 695. The van der Waals surface area contributed by atoms with Crippen molar-refractivity contribution in [3.05, 3.63) is 58.1 Å². The molecule has 1 amide bonds. The Kier molecular flexibility index (Phi) is 4.79. The molecule has 2 aromatic rings. The smallest absolute Gasteiger partial charge is 0.228 e. The Morgan fingerprint density at radius 2 is 1.83 bits per heavy atom. The first kappa shape index (κ1) is 16.2. The number of amides is 1. The number of hydrogen-bond donors (Lipinski definition) is 1. The van der Waals surface area contributed by atoms with Crippen molar-refractivity contribution in [3.63, 3.8) is 0 Å². The minimum atomic E-state index is -0.0314. The number of ether oxygens (including phenoxy) is 1. The van der Waals surface area contributed by atoms with Gasteiger partial charge in [-0.3, -0.25) is 4.79 Å². The summed E-state index contributed by atoms with van der Waals surface area (Å²) in [5, 5.41) is 4.15. The summed E-state index contributed by atoms with van der Waals surface area (Å²) in [6.07, 6.45) is 0.819. The van der Waals surface area contributed by atoms with Gasteiger partial charge in [0, 0.05) is 21.7 Å². The maximum absolute atomic E-state index is 12.3. The minimum absolute atomic E-state index is 0.0234. The first-order valence-corrected chi connectivity index (χ1v) is 8.32. The van der Waals surface area contributed by atoms with Gasteiger partial charge in [-0.25, -0.2) is 0 Å². The normalized spacial score (nSPS) is 19.3. The summed E-state index contributed by atoms with van der Waals surface area (Å²) < 4.78 is 5.39. The fourth-order valence-corrected chi connectivity index (χ4v) is 3.22. The van der Waals surface area contributed by atoms with Crippen molar-refractivity contribution in [2.24, 2.45) is 5.92 Å². The number of hydrogen-bond acceptors (Lipinski definition) is 2. The number of rotatable bonds is 5. The molecule has 1 fully saturated rings. The molecule has 0 bridgehead atoms. The zero-order valence-corrected chi connectivity index (χ0v) is 14.2. The van der Waals surface area contributed by atoms with Crippen LogP contribution in [0.5, 0.6) is 5.75 Å². The Morgan fingerprint density at radius 1 is 1.17 bits per heavy atom. The lowest BCUT2D eigenvalue weighted by molar-refractivity contribution is -0.117. The molecule has 2 aromatic carbocycles. The summed E-state index contributed by atoms with van der Waals surface area (Å²) in [4.78, 5) is 12.3. The molecule has 2 unspecified atom stereocenters. The summed E-state index contributed by atoms with van der Waals surface area (Å²) in [7, 11) is 0. The van der Waals surface area contributed by atoms with Crippen LogP contribution in [0.3, 0.4) is 0 Å². The summed E-state index contributed by atoms with van der Waals surface area (Å²) in [5.74, 6) is 0.976. The maximum atomic E-state index is 12.3. The van der Waals surface area contributed by atoms with Gasteiger partial charge < -0.3 is 10.1 Å². The number of carbonyl (C=O) groups excluding carboxylic acids is 1. The van der Waals surface area contributed by atoms with Gasteiger partial charge in [0.05, 0.1) is 6.61 Å². The molecule has 3 rings (SSSR count). The number of halogens is 2. The lowest BCUT2D eigenvalue weighted by Crippen LogP contribution is -2.14. The molecular weight excluding hydrogens is 333 g/mol. The van der Waals surface area contributed by atoms with Crippen LogP contribution in [-0.2, 0) is 4.79 Å². The van der Waals surface area contributed by atoms with Crippen molar-refractivity contribution in [1.82, 2.24) is 0 Å². The zero-order chi connectivity index (χ0) is 16.4. The Balaban J connectivity index is 1.61. The van der Waals surface area contributed by atoms with Crippen LogP contribution in [0.2, 0.25) is 10.0 Å². The predicted molar refractivity (Wildman–Crippen MR) is 93.6 cm³/mol. The van der Waals surface area contributed by atoms with Gasteiger partial charge in [0.25, 0.3) is 0 Å². The van der Waals surface area contributed by atoms with Crippen molar-refractivity contribution in [3.8, 4) is 5.75 Å². The highest BCUT2D eigenvalue weighted by Gasteiger charge is 2.44. The Morgan fingerprint density at radius 3 is 2.43 bits per heavy atom. The van der Waals surface area contributed by atoms with Gasteiger partial charge in [0.1, 0.15) is 5.75 Å². The fraction of sp³-hybridized carbons (Fsp3) is 0.278. The third-order valence-corrected chi connectivity index (χ3v) is 4.31. The molecule has 1 aliphatic carbocycles. The SMILES string of the molecule is CCOc1ccc(NC(=O)C2CC2c2cc(Cl)cc(Cl)c2)cc1. The van der Waals surface area contributed by atoms with E-state index < -0.39 is 0 Å². The molecule has 120 valence electrons. The molecule has 0 saturated heterocycles. The van der Waals surface area contributed by atoms with Crippen molar-refractivity contribution in [1.29, 1.82) is 0 Å². The molecule has 0 spiro atoms. The zero-order valence-electron chi connectivity index (χ0n) is 12.7. The molecular formula is C18H17Cl2NO2. The van der Waals surface area contributed by atoms with E-state index in [9.17, 15) is 4.79 Å². The summed E-state index contributed by atoms with van der Waals surface area (Å²) in [5.41, 5.74) is 1.79.